The quantitative estimate of drug-likeness (QED) is 0.470. The summed E-state index contributed by atoms with van der Waals surface area (Å²) in [5.41, 5.74) is 1.87. The lowest BCUT2D eigenvalue weighted by molar-refractivity contribution is -0.139. The lowest BCUT2D eigenvalue weighted by Crippen LogP contribution is -2.42. The molecule has 0 amide bonds. The third kappa shape index (κ3) is 5.29. The fourth-order valence-electron chi connectivity index (χ4n) is 4.19. The standard InChI is InChI=1S/C23H25NO7S2/c25-23(26)18(13-14-32(27,28)15-16-7-2-1-3-8-16)24-33(29,30)21-12-6-11-20-22(21)17-9-4-5-10-19(17)31-20/h1-3,6-8,11-12,18,24H,4-5,9-10,13-15H2,(H,25,26). The average molecular weight is 492 g/mol. The number of sulfonamides is 1. The third-order valence-corrected chi connectivity index (χ3v) is 8.92. The van der Waals surface area contributed by atoms with Crippen molar-refractivity contribution in [1.82, 2.24) is 4.72 Å². The van der Waals surface area contributed by atoms with Crippen LogP contribution in [0, 0.1) is 0 Å². The summed E-state index contributed by atoms with van der Waals surface area (Å²) in [7, 11) is -7.88. The molecule has 0 radical (unpaired) electrons. The lowest BCUT2D eigenvalue weighted by atomic mass is 9.96. The summed E-state index contributed by atoms with van der Waals surface area (Å²) >= 11 is 0. The molecule has 0 fully saturated rings. The second-order valence-electron chi connectivity index (χ2n) is 8.22. The van der Waals surface area contributed by atoms with Gasteiger partial charge in [0.05, 0.1) is 16.4 Å². The van der Waals surface area contributed by atoms with Gasteiger partial charge < -0.3 is 9.52 Å². The number of carboxylic acids is 1. The van der Waals surface area contributed by atoms with Crippen LogP contribution in [-0.2, 0) is 43.2 Å². The first-order valence-corrected chi connectivity index (χ1v) is 14.0. The third-order valence-electron chi connectivity index (χ3n) is 5.77. The Kier molecular flexibility index (Phi) is 6.60. The highest BCUT2D eigenvalue weighted by Crippen LogP contribution is 2.35. The molecule has 176 valence electrons. The van der Waals surface area contributed by atoms with Gasteiger partial charge in [-0.05, 0) is 43.4 Å². The second-order valence-corrected chi connectivity index (χ2v) is 12.1. The molecule has 2 N–H and O–H groups in total. The monoisotopic (exact) mass is 491 g/mol. The largest absolute Gasteiger partial charge is 0.480 e. The van der Waals surface area contributed by atoms with Gasteiger partial charge in [-0.3, -0.25) is 4.79 Å². The molecule has 8 nitrogen and oxygen atoms in total. The van der Waals surface area contributed by atoms with Crippen LogP contribution in [0.15, 0.2) is 57.8 Å². The Hall–Kier alpha value is -2.69. The number of furan rings is 1. The minimum absolute atomic E-state index is 0.0507. The highest BCUT2D eigenvalue weighted by molar-refractivity contribution is 7.90. The van der Waals surface area contributed by atoms with Gasteiger partial charge in [0.25, 0.3) is 0 Å². The van der Waals surface area contributed by atoms with Crippen LogP contribution in [0.25, 0.3) is 11.0 Å². The fraction of sp³-hybridized carbons (Fsp3) is 0.348. The van der Waals surface area contributed by atoms with E-state index in [1.54, 1.807) is 42.5 Å². The minimum Gasteiger partial charge on any atom is -0.480 e. The van der Waals surface area contributed by atoms with Crippen molar-refractivity contribution < 1.29 is 31.2 Å². The number of carboxylic acid groups (broad SMARTS) is 1. The molecule has 1 unspecified atom stereocenters. The van der Waals surface area contributed by atoms with E-state index in [2.05, 4.69) is 4.72 Å². The number of sulfone groups is 1. The highest BCUT2D eigenvalue weighted by Gasteiger charge is 2.30. The molecule has 10 heteroatoms. The number of aryl methyl sites for hydroxylation is 2. The van der Waals surface area contributed by atoms with E-state index in [-0.39, 0.29) is 17.1 Å². The number of hydrogen-bond donors (Lipinski definition) is 2. The normalized spacial score (nSPS) is 15.3. The first kappa shape index (κ1) is 23.5. The van der Waals surface area contributed by atoms with E-state index < -0.39 is 37.6 Å². The van der Waals surface area contributed by atoms with Crippen molar-refractivity contribution in [2.75, 3.05) is 5.75 Å². The van der Waals surface area contributed by atoms with Crippen LogP contribution >= 0.6 is 0 Å². The average Bonchev–Trinajstić information content (AvgIpc) is 3.15. The molecule has 1 atom stereocenters. The Labute approximate surface area is 192 Å². The second kappa shape index (κ2) is 9.28. The molecular weight excluding hydrogens is 466 g/mol. The molecule has 0 saturated carbocycles. The molecule has 0 spiro atoms. The molecule has 4 rings (SSSR count). The van der Waals surface area contributed by atoms with E-state index in [9.17, 15) is 26.7 Å². The van der Waals surface area contributed by atoms with E-state index in [0.29, 0.717) is 23.0 Å². The summed E-state index contributed by atoms with van der Waals surface area (Å²) in [5, 5.41) is 10.1. The maximum Gasteiger partial charge on any atom is 0.321 e. The van der Waals surface area contributed by atoms with Crippen LogP contribution in [-0.4, -0.2) is 39.7 Å². The Morgan fingerprint density at radius 2 is 1.73 bits per heavy atom. The zero-order valence-electron chi connectivity index (χ0n) is 17.9. The molecular formula is C23H25NO7S2. The lowest BCUT2D eigenvalue weighted by Gasteiger charge is -2.16. The van der Waals surface area contributed by atoms with Gasteiger partial charge in [-0.25, -0.2) is 16.8 Å². The smallest absolute Gasteiger partial charge is 0.321 e. The van der Waals surface area contributed by atoms with Crippen LogP contribution in [0.4, 0.5) is 0 Å². The number of benzene rings is 2. The van der Waals surface area contributed by atoms with E-state index in [4.69, 9.17) is 4.42 Å². The SMILES string of the molecule is O=C(O)C(CCS(=O)(=O)Cc1ccccc1)NS(=O)(=O)c1cccc2oc3c(c12)CCCC3. The van der Waals surface area contributed by atoms with Gasteiger partial charge in [0.15, 0.2) is 9.84 Å². The van der Waals surface area contributed by atoms with Crippen molar-refractivity contribution in [1.29, 1.82) is 0 Å². The maximum absolute atomic E-state index is 13.2. The zero-order valence-corrected chi connectivity index (χ0v) is 19.5. The van der Waals surface area contributed by atoms with Gasteiger partial charge in [0.1, 0.15) is 17.4 Å². The van der Waals surface area contributed by atoms with Crippen LogP contribution in [0.5, 0.6) is 0 Å². The molecule has 33 heavy (non-hydrogen) atoms. The molecule has 0 bridgehead atoms. The van der Waals surface area contributed by atoms with E-state index in [0.717, 1.165) is 30.6 Å². The van der Waals surface area contributed by atoms with Crippen LogP contribution in [0.3, 0.4) is 0 Å². The maximum atomic E-state index is 13.2. The van der Waals surface area contributed by atoms with E-state index in [1.807, 2.05) is 0 Å². The topological polar surface area (TPSA) is 131 Å². The molecule has 1 heterocycles. The Balaban J connectivity index is 1.56. The summed E-state index contributed by atoms with van der Waals surface area (Å²) in [4.78, 5) is 11.7. The summed E-state index contributed by atoms with van der Waals surface area (Å²) in [6, 6.07) is 11.6. The number of hydrogen-bond acceptors (Lipinski definition) is 6. The van der Waals surface area contributed by atoms with Gasteiger partial charge >= 0.3 is 5.97 Å². The zero-order chi connectivity index (χ0) is 23.6. The number of fused-ring (bicyclic) bond motifs is 3. The van der Waals surface area contributed by atoms with E-state index in [1.165, 1.54) is 6.07 Å². The van der Waals surface area contributed by atoms with Crippen molar-refractivity contribution in [3.8, 4) is 0 Å². The molecule has 0 saturated heterocycles. The summed E-state index contributed by atoms with van der Waals surface area (Å²) < 4.78 is 59.4. The molecule has 0 aliphatic heterocycles. The van der Waals surface area contributed by atoms with Crippen molar-refractivity contribution in [2.24, 2.45) is 0 Å². The summed E-state index contributed by atoms with van der Waals surface area (Å²) in [6.07, 6.45) is 2.91. The molecule has 1 aliphatic carbocycles. The number of rotatable bonds is 9. The fourth-order valence-corrected chi connectivity index (χ4v) is 7.10. The van der Waals surface area contributed by atoms with Crippen molar-refractivity contribution in [3.05, 3.63) is 65.4 Å². The molecule has 1 aromatic heterocycles. The predicted octanol–water partition coefficient (Wildman–Crippen LogP) is 3.05. The van der Waals surface area contributed by atoms with Gasteiger partial charge in [-0.15, -0.1) is 0 Å². The Morgan fingerprint density at radius 1 is 1.00 bits per heavy atom. The number of carbonyl (C=O) groups is 1. The Bertz CT molecular complexity index is 1380. The minimum atomic E-state index is -4.25. The van der Waals surface area contributed by atoms with Gasteiger partial charge in [-0.2, -0.15) is 4.72 Å². The predicted molar refractivity (Wildman–Crippen MR) is 123 cm³/mol. The van der Waals surface area contributed by atoms with Crippen LogP contribution in [0.2, 0.25) is 0 Å². The molecule has 1 aliphatic rings. The van der Waals surface area contributed by atoms with Gasteiger partial charge in [0, 0.05) is 17.4 Å². The number of nitrogens with one attached hydrogen (secondary N) is 1. The van der Waals surface area contributed by atoms with Crippen molar-refractivity contribution >= 4 is 36.8 Å². The van der Waals surface area contributed by atoms with Crippen molar-refractivity contribution in [2.45, 2.75) is 48.8 Å². The highest BCUT2D eigenvalue weighted by atomic mass is 32.2. The van der Waals surface area contributed by atoms with Crippen LogP contribution < -0.4 is 4.72 Å². The van der Waals surface area contributed by atoms with E-state index >= 15 is 0 Å². The van der Waals surface area contributed by atoms with Gasteiger partial charge in [-0.1, -0.05) is 36.4 Å². The first-order valence-electron chi connectivity index (χ1n) is 10.7. The first-order chi connectivity index (χ1) is 15.7. The number of aliphatic carboxylic acids is 1. The molecule has 2 aromatic carbocycles. The van der Waals surface area contributed by atoms with Gasteiger partial charge in [0.2, 0.25) is 10.0 Å². The summed E-state index contributed by atoms with van der Waals surface area (Å²) in [5.74, 6) is -1.38. The van der Waals surface area contributed by atoms with Crippen LogP contribution in [0.1, 0.15) is 36.1 Å². The Morgan fingerprint density at radius 3 is 2.45 bits per heavy atom. The summed E-state index contributed by atoms with van der Waals surface area (Å²) in [6.45, 7) is 0. The van der Waals surface area contributed by atoms with Crippen molar-refractivity contribution in [3.63, 3.8) is 0 Å². The molecule has 3 aromatic rings.